The van der Waals surface area contributed by atoms with Crippen molar-refractivity contribution in [2.24, 2.45) is 5.92 Å². The Morgan fingerprint density at radius 2 is 2.10 bits per heavy atom. The first-order valence-corrected chi connectivity index (χ1v) is 3.85. The van der Waals surface area contributed by atoms with Gasteiger partial charge in [0.25, 0.3) is 0 Å². The van der Waals surface area contributed by atoms with Crippen molar-refractivity contribution >= 4 is 0 Å². The minimum absolute atomic E-state index is 0.622. The summed E-state index contributed by atoms with van der Waals surface area (Å²) in [6.45, 7) is 9.17. The first kappa shape index (κ1) is 9.70. The molecule has 0 heterocycles. The van der Waals surface area contributed by atoms with Crippen molar-refractivity contribution in [1.29, 1.82) is 0 Å². The van der Waals surface area contributed by atoms with Gasteiger partial charge in [0, 0.05) is 13.7 Å². The average Bonchev–Trinajstić information content (AvgIpc) is 1.88. The molecule has 0 fully saturated rings. The van der Waals surface area contributed by atoms with Crippen LogP contribution in [0.1, 0.15) is 26.7 Å². The topological polar surface area (TPSA) is 9.23 Å². The molecule has 0 spiro atoms. The summed E-state index contributed by atoms with van der Waals surface area (Å²) in [6, 6.07) is 0. The highest BCUT2D eigenvalue weighted by atomic mass is 16.5. The second-order valence-corrected chi connectivity index (χ2v) is 2.91. The number of methoxy groups -OCH3 is 1. The molecule has 0 aliphatic rings. The van der Waals surface area contributed by atoms with E-state index in [-0.39, 0.29) is 0 Å². The summed E-state index contributed by atoms with van der Waals surface area (Å²) >= 11 is 0. The van der Waals surface area contributed by atoms with Gasteiger partial charge in [0.1, 0.15) is 0 Å². The number of hydrogen-bond donors (Lipinski definition) is 0. The molecular weight excluding hydrogens is 124 g/mol. The molecule has 10 heavy (non-hydrogen) atoms. The van der Waals surface area contributed by atoms with E-state index in [0.717, 1.165) is 19.4 Å². The van der Waals surface area contributed by atoms with Crippen LogP contribution in [-0.4, -0.2) is 13.7 Å². The minimum atomic E-state index is 0.622. The Hall–Kier alpha value is -0.300. The van der Waals surface area contributed by atoms with Crippen LogP contribution in [-0.2, 0) is 4.74 Å². The van der Waals surface area contributed by atoms with E-state index < -0.39 is 0 Å². The first-order valence-electron chi connectivity index (χ1n) is 3.85. The van der Waals surface area contributed by atoms with E-state index >= 15 is 0 Å². The zero-order valence-electron chi connectivity index (χ0n) is 7.31. The van der Waals surface area contributed by atoms with Gasteiger partial charge in [0.15, 0.2) is 0 Å². The van der Waals surface area contributed by atoms with Gasteiger partial charge in [0.05, 0.1) is 0 Å². The van der Waals surface area contributed by atoms with E-state index in [4.69, 9.17) is 4.74 Å². The molecule has 0 unspecified atom stereocenters. The van der Waals surface area contributed by atoms with E-state index in [1.807, 2.05) is 0 Å². The molecule has 0 aliphatic heterocycles. The fourth-order valence-electron chi connectivity index (χ4n) is 0.732. The van der Waals surface area contributed by atoms with Crippen LogP contribution in [0.2, 0.25) is 0 Å². The Morgan fingerprint density at radius 1 is 1.50 bits per heavy atom. The van der Waals surface area contributed by atoms with Gasteiger partial charge in [-0.05, 0) is 18.8 Å². The highest BCUT2D eigenvalue weighted by Gasteiger charge is 1.98. The molecule has 0 aromatic carbocycles. The molecule has 0 bridgehead atoms. The quantitative estimate of drug-likeness (QED) is 0.423. The Bertz CT molecular complexity index is 94.9. The maximum atomic E-state index is 4.93. The van der Waals surface area contributed by atoms with E-state index in [9.17, 15) is 0 Å². The Morgan fingerprint density at radius 3 is 2.50 bits per heavy atom. The van der Waals surface area contributed by atoms with Crippen LogP contribution >= 0.6 is 0 Å². The molecule has 60 valence electrons. The largest absolute Gasteiger partial charge is 0.385 e. The van der Waals surface area contributed by atoms with E-state index in [1.54, 1.807) is 7.11 Å². The fraction of sp³-hybridized carbons (Fsp3) is 0.778. The van der Waals surface area contributed by atoms with Crippen molar-refractivity contribution in [3.63, 3.8) is 0 Å². The standard InChI is InChI=1S/C9H18O/c1-8(2)9(3)6-5-7-10-4/h8H,3,5-7H2,1-2,4H3. The lowest BCUT2D eigenvalue weighted by Crippen LogP contribution is -1.95. The van der Waals surface area contributed by atoms with Crippen molar-refractivity contribution in [2.75, 3.05) is 13.7 Å². The maximum absolute atomic E-state index is 4.93. The molecule has 0 rings (SSSR count). The number of allylic oxidation sites excluding steroid dienone is 1. The van der Waals surface area contributed by atoms with Gasteiger partial charge in [-0.15, -0.1) is 0 Å². The molecular formula is C9H18O. The van der Waals surface area contributed by atoms with E-state index in [1.165, 1.54) is 5.57 Å². The smallest absolute Gasteiger partial charge is 0.0465 e. The Balaban J connectivity index is 3.22. The van der Waals surface area contributed by atoms with Crippen molar-refractivity contribution in [2.45, 2.75) is 26.7 Å². The SMILES string of the molecule is C=C(CCCOC)C(C)C. The highest BCUT2D eigenvalue weighted by molar-refractivity contribution is 4.96. The van der Waals surface area contributed by atoms with E-state index in [2.05, 4.69) is 20.4 Å². The van der Waals surface area contributed by atoms with E-state index in [0.29, 0.717) is 5.92 Å². The van der Waals surface area contributed by atoms with Gasteiger partial charge in [-0.2, -0.15) is 0 Å². The Labute approximate surface area is 64.1 Å². The van der Waals surface area contributed by atoms with Gasteiger partial charge >= 0.3 is 0 Å². The zero-order valence-corrected chi connectivity index (χ0v) is 7.31. The summed E-state index contributed by atoms with van der Waals surface area (Å²) in [4.78, 5) is 0. The highest BCUT2D eigenvalue weighted by Crippen LogP contribution is 2.12. The summed E-state index contributed by atoms with van der Waals surface area (Å²) in [6.07, 6.45) is 2.21. The third-order valence-electron chi connectivity index (χ3n) is 1.66. The van der Waals surface area contributed by atoms with Crippen molar-refractivity contribution < 1.29 is 4.74 Å². The van der Waals surface area contributed by atoms with Gasteiger partial charge in [-0.3, -0.25) is 0 Å². The zero-order chi connectivity index (χ0) is 7.98. The monoisotopic (exact) mass is 142 g/mol. The lowest BCUT2D eigenvalue weighted by Gasteiger charge is -2.07. The predicted octanol–water partition coefficient (Wildman–Crippen LogP) is 2.63. The number of hydrogen-bond acceptors (Lipinski definition) is 1. The molecule has 0 saturated carbocycles. The van der Waals surface area contributed by atoms with Crippen molar-refractivity contribution in [3.05, 3.63) is 12.2 Å². The van der Waals surface area contributed by atoms with Crippen LogP contribution in [0.3, 0.4) is 0 Å². The first-order chi connectivity index (χ1) is 4.68. The molecule has 0 saturated heterocycles. The van der Waals surface area contributed by atoms with Crippen LogP contribution in [0, 0.1) is 5.92 Å². The molecule has 0 N–H and O–H groups in total. The van der Waals surface area contributed by atoms with Crippen LogP contribution in [0.25, 0.3) is 0 Å². The van der Waals surface area contributed by atoms with Gasteiger partial charge in [-0.1, -0.05) is 26.0 Å². The molecule has 1 heteroatoms. The summed E-state index contributed by atoms with van der Waals surface area (Å²) in [5.41, 5.74) is 1.33. The van der Waals surface area contributed by atoms with Crippen molar-refractivity contribution in [3.8, 4) is 0 Å². The molecule has 0 aliphatic carbocycles. The maximum Gasteiger partial charge on any atom is 0.0465 e. The molecule has 0 aromatic heterocycles. The summed E-state index contributed by atoms with van der Waals surface area (Å²) in [5.74, 6) is 0.622. The summed E-state index contributed by atoms with van der Waals surface area (Å²) in [7, 11) is 1.73. The second kappa shape index (κ2) is 5.48. The van der Waals surface area contributed by atoms with Gasteiger partial charge in [0.2, 0.25) is 0 Å². The molecule has 0 amide bonds. The third-order valence-corrected chi connectivity index (χ3v) is 1.66. The predicted molar refractivity (Wildman–Crippen MR) is 45.1 cm³/mol. The number of rotatable bonds is 5. The molecule has 1 nitrogen and oxygen atoms in total. The summed E-state index contributed by atoms with van der Waals surface area (Å²) in [5, 5.41) is 0. The van der Waals surface area contributed by atoms with Crippen molar-refractivity contribution in [1.82, 2.24) is 0 Å². The third kappa shape index (κ3) is 4.57. The fourth-order valence-corrected chi connectivity index (χ4v) is 0.732. The average molecular weight is 142 g/mol. The number of ether oxygens (including phenoxy) is 1. The summed E-state index contributed by atoms with van der Waals surface area (Å²) < 4.78 is 4.93. The lowest BCUT2D eigenvalue weighted by molar-refractivity contribution is 0.194. The molecule has 0 aromatic rings. The van der Waals surface area contributed by atoms with Crippen LogP contribution in [0.15, 0.2) is 12.2 Å². The van der Waals surface area contributed by atoms with Gasteiger partial charge in [-0.25, -0.2) is 0 Å². The Kier molecular flexibility index (Phi) is 5.32. The van der Waals surface area contributed by atoms with Gasteiger partial charge < -0.3 is 4.74 Å². The van der Waals surface area contributed by atoms with Crippen LogP contribution in [0.5, 0.6) is 0 Å². The second-order valence-electron chi connectivity index (χ2n) is 2.91. The lowest BCUT2D eigenvalue weighted by atomic mass is 10.0. The molecule has 0 atom stereocenters. The molecule has 0 radical (unpaired) electrons. The van der Waals surface area contributed by atoms with Crippen LogP contribution in [0.4, 0.5) is 0 Å². The van der Waals surface area contributed by atoms with Crippen LogP contribution < -0.4 is 0 Å². The minimum Gasteiger partial charge on any atom is -0.385 e. The normalized spacial score (nSPS) is 10.4.